The highest BCUT2D eigenvalue weighted by atomic mass is 19.4. The first kappa shape index (κ1) is 18.3. The maximum absolute atomic E-state index is 12.9. The first-order chi connectivity index (χ1) is 8.86. The van der Waals surface area contributed by atoms with Crippen LogP contribution in [0.15, 0.2) is 12.2 Å². The molecule has 20 heavy (non-hydrogen) atoms. The Hall–Kier alpha value is -1.67. The molecule has 0 radical (unpaired) electrons. The standard InChI is InChI=1S/C11H13F5O4/c1-6(2)7(5-10(12,13)11(14,15)16)20-9(19)4-3-8(17)18/h3-4,6-7H,5H2,1-2H3,(H,17,18)/p-1. The van der Waals surface area contributed by atoms with Crippen molar-refractivity contribution in [1.29, 1.82) is 0 Å². The summed E-state index contributed by atoms with van der Waals surface area (Å²) >= 11 is 0. The van der Waals surface area contributed by atoms with Crippen LogP contribution in [0.3, 0.4) is 0 Å². The van der Waals surface area contributed by atoms with E-state index in [2.05, 4.69) is 4.74 Å². The predicted octanol–water partition coefficient (Wildman–Crippen LogP) is 1.45. The van der Waals surface area contributed by atoms with Crippen molar-refractivity contribution in [3.63, 3.8) is 0 Å². The van der Waals surface area contributed by atoms with Crippen LogP contribution in [0.25, 0.3) is 0 Å². The third-order valence-electron chi connectivity index (χ3n) is 2.24. The lowest BCUT2D eigenvalue weighted by Gasteiger charge is -2.27. The van der Waals surface area contributed by atoms with Gasteiger partial charge in [0.1, 0.15) is 6.10 Å². The molecule has 0 aromatic rings. The molecule has 9 heteroatoms. The normalized spacial score (nSPS) is 14.6. The maximum atomic E-state index is 12.9. The van der Waals surface area contributed by atoms with E-state index in [4.69, 9.17) is 0 Å². The van der Waals surface area contributed by atoms with Gasteiger partial charge in [0.15, 0.2) is 0 Å². The molecule has 0 saturated heterocycles. The molecule has 116 valence electrons. The number of hydrogen-bond acceptors (Lipinski definition) is 4. The number of carbonyl (C=O) groups excluding carboxylic acids is 2. The quantitative estimate of drug-likeness (QED) is 0.423. The fraction of sp³-hybridized carbons (Fsp3) is 0.636. The molecular weight excluding hydrogens is 291 g/mol. The Morgan fingerprint density at radius 2 is 1.65 bits per heavy atom. The van der Waals surface area contributed by atoms with Gasteiger partial charge in [-0.05, 0) is 12.0 Å². The first-order valence-electron chi connectivity index (χ1n) is 5.41. The van der Waals surface area contributed by atoms with Gasteiger partial charge in [0.2, 0.25) is 0 Å². The Morgan fingerprint density at radius 1 is 1.15 bits per heavy atom. The molecule has 0 bridgehead atoms. The molecule has 0 fully saturated rings. The van der Waals surface area contributed by atoms with Crippen LogP contribution in [0.2, 0.25) is 0 Å². The lowest BCUT2D eigenvalue weighted by molar-refractivity contribution is -0.297. The molecule has 1 unspecified atom stereocenters. The third kappa shape index (κ3) is 5.98. The Kier molecular flexibility index (Phi) is 6.11. The fourth-order valence-corrected chi connectivity index (χ4v) is 1.11. The topological polar surface area (TPSA) is 66.4 Å². The molecule has 0 N–H and O–H groups in total. The lowest BCUT2D eigenvalue weighted by atomic mass is 10.00. The Labute approximate surface area is 111 Å². The minimum Gasteiger partial charge on any atom is -0.545 e. The second-order valence-corrected chi connectivity index (χ2v) is 4.28. The molecular formula is C11H12F5O4-. The van der Waals surface area contributed by atoms with Crippen LogP contribution in [0, 0.1) is 5.92 Å². The van der Waals surface area contributed by atoms with E-state index in [1.165, 1.54) is 13.8 Å². The fourth-order valence-electron chi connectivity index (χ4n) is 1.11. The highest BCUT2D eigenvalue weighted by molar-refractivity contribution is 5.89. The molecule has 0 heterocycles. The van der Waals surface area contributed by atoms with Crippen LogP contribution in [0.5, 0.6) is 0 Å². The molecule has 0 amide bonds. The van der Waals surface area contributed by atoms with Crippen LogP contribution in [0.1, 0.15) is 20.3 Å². The summed E-state index contributed by atoms with van der Waals surface area (Å²) in [5.41, 5.74) is 0. The number of alkyl halides is 5. The highest BCUT2D eigenvalue weighted by Gasteiger charge is 2.58. The zero-order valence-corrected chi connectivity index (χ0v) is 10.5. The summed E-state index contributed by atoms with van der Waals surface area (Å²) < 4.78 is 66.3. The molecule has 0 aliphatic heterocycles. The zero-order valence-electron chi connectivity index (χ0n) is 10.5. The number of carboxylic acid groups (broad SMARTS) is 1. The molecule has 0 aliphatic rings. The number of halogens is 5. The van der Waals surface area contributed by atoms with E-state index >= 15 is 0 Å². The Bertz CT molecular complexity index is 387. The smallest absolute Gasteiger partial charge is 0.453 e. The van der Waals surface area contributed by atoms with Crippen LogP contribution in [-0.4, -0.2) is 30.1 Å². The average molecular weight is 303 g/mol. The average Bonchev–Trinajstić information content (AvgIpc) is 2.23. The number of aliphatic carboxylic acids is 1. The molecule has 0 aliphatic carbocycles. The van der Waals surface area contributed by atoms with Gasteiger partial charge in [-0.15, -0.1) is 0 Å². The number of ether oxygens (including phenoxy) is 1. The molecule has 4 nitrogen and oxygen atoms in total. The zero-order chi connectivity index (χ0) is 16.1. The highest BCUT2D eigenvalue weighted by Crippen LogP contribution is 2.40. The SMILES string of the molecule is CC(C)C(CC(F)(F)C(F)(F)F)OC(=O)C=CC(=O)[O-]. The minimum absolute atomic E-state index is 0.279. The molecule has 0 spiro atoms. The van der Waals surface area contributed by atoms with Crippen molar-refractivity contribution in [2.45, 2.75) is 38.5 Å². The van der Waals surface area contributed by atoms with Gasteiger partial charge < -0.3 is 14.6 Å². The van der Waals surface area contributed by atoms with Gasteiger partial charge in [-0.3, -0.25) is 0 Å². The van der Waals surface area contributed by atoms with Crippen LogP contribution in [-0.2, 0) is 14.3 Å². The second kappa shape index (κ2) is 6.67. The van der Waals surface area contributed by atoms with Crippen molar-refractivity contribution in [3.05, 3.63) is 12.2 Å². The molecule has 0 saturated carbocycles. The summed E-state index contributed by atoms with van der Waals surface area (Å²) in [5.74, 6) is -8.90. The van der Waals surface area contributed by atoms with Crippen molar-refractivity contribution < 1.29 is 41.4 Å². The first-order valence-corrected chi connectivity index (χ1v) is 5.41. The van der Waals surface area contributed by atoms with Gasteiger partial charge in [0.25, 0.3) is 0 Å². The number of esters is 1. The third-order valence-corrected chi connectivity index (χ3v) is 2.24. The van der Waals surface area contributed by atoms with Crippen LogP contribution >= 0.6 is 0 Å². The second-order valence-electron chi connectivity index (χ2n) is 4.28. The van der Waals surface area contributed by atoms with Crippen molar-refractivity contribution in [1.82, 2.24) is 0 Å². The number of carboxylic acids is 1. The van der Waals surface area contributed by atoms with E-state index in [1.54, 1.807) is 0 Å². The molecule has 0 aromatic carbocycles. The van der Waals surface area contributed by atoms with E-state index in [9.17, 15) is 36.6 Å². The van der Waals surface area contributed by atoms with Gasteiger partial charge in [0.05, 0.1) is 12.4 Å². The van der Waals surface area contributed by atoms with Crippen LogP contribution in [0.4, 0.5) is 22.0 Å². The summed E-state index contributed by atoms with van der Waals surface area (Å²) in [7, 11) is 0. The summed E-state index contributed by atoms with van der Waals surface area (Å²) in [6, 6.07) is 0. The molecule has 1 atom stereocenters. The molecule has 0 aromatic heterocycles. The van der Waals surface area contributed by atoms with Gasteiger partial charge in [-0.1, -0.05) is 13.8 Å². The van der Waals surface area contributed by atoms with Crippen molar-refractivity contribution in [3.8, 4) is 0 Å². The van der Waals surface area contributed by atoms with E-state index in [-0.39, 0.29) is 6.08 Å². The lowest BCUT2D eigenvalue weighted by Crippen LogP contribution is -2.42. The van der Waals surface area contributed by atoms with Crippen molar-refractivity contribution in [2.75, 3.05) is 0 Å². The van der Waals surface area contributed by atoms with Crippen molar-refractivity contribution in [2.24, 2.45) is 5.92 Å². The summed E-state index contributed by atoms with van der Waals surface area (Å²) in [6.07, 6.45) is -8.56. The monoisotopic (exact) mass is 303 g/mol. The van der Waals surface area contributed by atoms with Gasteiger partial charge in [-0.25, -0.2) is 4.79 Å². The van der Waals surface area contributed by atoms with E-state index in [0.29, 0.717) is 6.08 Å². The largest absolute Gasteiger partial charge is 0.545 e. The Morgan fingerprint density at radius 3 is 2.00 bits per heavy atom. The van der Waals surface area contributed by atoms with E-state index in [0.717, 1.165) is 0 Å². The van der Waals surface area contributed by atoms with Gasteiger partial charge in [0, 0.05) is 6.08 Å². The number of rotatable bonds is 6. The number of hydrogen-bond donors (Lipinski definition) is 0. The predicted molar refractivity (Wildman–Crippen MR) is 54.5 cm³/mol. The maximum Gasteiger partial charge on any atom is 0.453 e. The van der Waals surface area contributed by atoms with Crippen molar-refractivity contribution >= 4 is 11.9 Å². The molecule has 0 rings (SSSR count). The van der Waals surface area contributed by atoms with E-state index in [1.807, 2.05) is 0 Å². The summed E-state index contributed by atoms with van der Waals surface area (Å²) in [5, 5.41) is 10.0. The Balaban J connectivity index is 4.84. The summed E-state index contributed by atoms with van der Waals surface area (Å²) in [4.78, 5) is 21.1. The van der Waals surface area contributed by atoms with Gasteiger partial charge in [-0.2, -0.15) is 22.0 Å². The van der Waals surface area contributed by atoms with E-state index < -0.39 is 42.5 Å². The number of carbonyl (C=O) groups is 2. The minimum atomic E-state index is -5.76. The summed E-state index contributed by atoms with van der Waals surface area (Å²) in [6.45, 7) is 2.57. The van der Waals surface area contributed by atoms with Crippen LogP contribution < -0.4 is 5.11 Å². The van der Waals surface area contributed by atoms with Gasteiger partial charge >= 0.3 is 18.1 Å².